The van der Waals surface area contributed by atoms with E-state index in [9.17, 15) is 13.2 Å². The summed E-state index contributed by atoms with van der Waals surface area (Å²) in [6, 6.07) is 0.0117. The third-order valence-corrected chi connectivity index (χ3v) is 5.16. The number of nitrogens with zero attached hydrogens (tertiary/aromatic N) is 2. The Labute approximate surface area is 149 Å². The summed E-state index contributed by atoms with van der Waals surface area (Å²) in [5.41, 5.74) is 0.474. The molecule has 0 N–H and O–H groups in total. The number of allylic oxidation sites excluding steroid dienone is 2. The van der Waals surface area contributed by atoms with Gasteiger partial charge < -0.3 is 9.64 Å². The summed E-state index contributed by atoms with van der Waals surface area (Å²) in [6.45, 7) is 2.39. The van der Waals surface area contributed by atoms with Crippen molar-refractivity contribution in [3.63, 3.8) is 0 Å². The molecule has 0 spiro atoms. The van der Waals surface area contributed by atoms with Crippen molar-refractivity contribution in [3.8, 4) is 0 Å². The van der Waals surface area contributed by atoms with E-state index in [2.05, 4.69) is 25.8 Å². The van der Waals surface area contributed by atoms with Crippen LogP contribution in [0.5, 0.6) is 0 Å². The molecule has 1 heterocycles. The maximum Gasteiger partial charge on any atom is 0.422 e. The minimum absolute atomic E-state index is 0.0117. The van der Waals surface area contributed by atoms with Crippen LogP contribution in [0.3, 0.4) is 0 Å². The molecule has 1 aliphatic heterocycles. The van der Waals surface area contributed by atoms with E-state index >= 15 is 0 Å². The van der Waals surface area contributed by atoms with Crippen LogP contribution in [0.15, 0.2) is 27.0 Å². The van der Waals surface area contributed by atoms with Gasteiger partial charge in [-0.1, -0.05) is 19.3 Å². The molecule has 1 unspecified atom stereocenters. The molecule has 0 amide bonds. The Morgan fingerprint density at radius 3 is 2.50 bits per heavy atom. The van der Waals surface area contributed by atoms with Crippen LogP contribution in [0.4, 0.5) is 13.2 Å². The molecular formula is C17H24BrF3N2O. The van der Waals surface area contributed by atoms with Gasteiger partial charge in [0.05, 0.1) is 10.2 Å². The van der Waals surface area contributed by atoms with Crippen LogP contribution in [-0.2, 0) is 4.74 Å². The van der Waals surface area contributed by atoms with Crippen LogP contribution in [-0.4, -0.2) is 36.6 Å². The predicted molar refractivity (Wildman–Crippen MR) is 93.0 cm³/mol. The topological polar surface area (TPSA) is 24.8 Å². The van der Waals surface area contributed by atoms with E-state index in [1.807, 2.05) is 20.0 Å². The van der Waals surface area contributed by atoms with Crippen molar-refractivity contribution in [2.45, 2.75) is 58.2 Å². The van der Waals surface area contributed by atoms with Crippen molar-refractivity contribution in [1.82, 2.24) is 4.90 Å². The van der Waals surface area contributed by atoms with Crippen LogP contribution in [0.1, 0.15) is 46.0 Å². The maximum absolute atomic E-state index is 12.5. The lowest BCUT2D eigenvalue weighted by atomic mass is 9.87. The highest BCUT2D eigenvalue weighted by Crippen LogP contribution is 2.32. The van der Waals surface area contributed by atoms with Gasteiger partial charge in [-0.05, 0) is 48.7 Å². The number of rotatable bonds is 3. The third kappa shape index (κ3) is 5.01. The molecule has 1 aliphatic carbocycles. The summed E-state index contributed by atoms with van der Waals surface area (Å²) in [5.74, 6) is 1.47. The molecule has 0 radical (unpaired) electrons. The molecule has 0 bridgehead atoms. The molecule has 1 atom stereocenters. The first kappa shape index (κ1) is 19.3. The van der Waals surface area contributed by atoms with E-state index in [4.69, 9.17) is 4.74 Å². The molecule has 2 rings (SSSR count). The van der Waals surface area contributed by atoms with Crippen molar-refractivity contribution in [1.29, 1.82) is 0 Å². The molecule has 0 saturated heterocycles. The maximum atomic E-state index is 12.5. The van der Waals surface area contributed by atoms with E-state index in [0.29, 0.717) is 16.1 Å². The number of hydrogen-bond donors (Lipinski definition) is 0. The number of hydrogen-bond acceptors (Lipinski definition) is 3. The second-order valence-corrected chi connectivity index (χ2v) is 7.34. The minimum atomic E-state index is -4.37. The number of amidine groups is 1. The Morgan fingerprint density at radius 2 is 1.92 bits per heavy atom. The Morgan fingerprint density at radius 1 is 1.29 bits per heavy atom. The molecule has 136 valence electrons. The average molecular weight is 409 g/mol. The molecule has 2 aliphatic rings. The van der Waals surface area contributed by atoms with Crippen molar-refractivity contribution in [2.75, 3.05) is 13.7 Å². The van der Waals surface area contributed by atoms with Gasteiger partial charge in [-0.25, -0.2) is 4.99 Å². The molecule has 1 saturated carbocycles. The standard InChI is InChI=1S/C17H24BrF3N2O/c1-11-9-14(18)15(24-10-17(19,20)21)12(2)22-16(23(11)3)13-7-5-4-6-8-13/h9,11,13H,4-8,10H2,1-3H3/b14-9-,15-12?,22-16?. The van der Waals surface area contributed by atoms with Gasteiger partial charge in [-0.15, -0.1) is 0 Å². The van der Waals surface area contributed by atoms with Gasteiger partial charge in [0, 0.05) is 19.0 Å². The lowest BCUT2D eigenvalue weighted by Gasteiger charge is -2.34. The largest absolute Gasteiger partial charge is 0.481 e. The summed E-state index contributed by atoms with van der Waals surface area (Å²) in [5, 5.41) is 0. The number of halogens is 4. The van der Waals surface area contributed by atoms with Gasteiger partial charge in [-0.3, -0.25) is 0 Å². The Bertz CT molecular complexity index is 549. The van der Waals surface area contributed by atoms with Crippen LogP contribution in [0, 0.1) is 5.92 Å². The van der Waals surface area contributed by atoms with Crippen molar-refractivity contribution >= 4 is 21.8 Å². The predicted octanol–water partition coefficient (Wildman–Crippen LogP) is 5.39. The first-order valence-corrected chi connectivity index (χ1v) is 9.08. The third-order valence-electron chi connectivity index (χ3n) is 4.54. The number of aliphatic imine (C=N–C) groups is 1. The monoisotopic (exact) mass is 408 g/mol. The lowest BCUT2D eigenvalue weighted by molar-refractivity contribution is -0.164. The summed E-state index contributed by atoms with van der Waals surface area (Å²) in [4.78, 5) is 6.80. The highest BCUT2D eigenvalue weighted by molar-refractivity contribution is 9.11. The fourth-order valence-corrected chi connectivity index (χ4v) is 3.93. The molecule has 0 aromatic heterocycles. The molecule has 1 fully saturated rings. The van der Waals surface area contributed by atoms with Crippen LogP contribution >= 0.6 is 15.9 Å². The second kappa shape index (κ2) is 7.93. The Kier molecular flexibility index (Phi) is 6.39. The Hall–Kier alpha value is -0.980. The summed E-state index contributed by atoms with van der Waals surface area (Å²) in [6.07, 6.45) is 3.23. The molecular weight excluding hydrogens is 385 g/mol. The highest BCUT2D eigenvalue weighted by atomic mass is 79.9. The van der Waals surface area contributed by atoms with Crippen molar-refractivity contribution in [2.24, 2.45) is 10.9 Å². The van der Waals surface area contributed by atoms with E-state index in [1.54, 1.807) is 6.92 Å². The minimum Gasteiger partial charge on any atom is -0.481 e. The number of likely N-dealkylation sites (N-methyl/N-ethyl adjacent to an activating group) is 1. The summed E-state index contributed by atoms with van der Waals surface area (Å²) in [7, 11) is 1.99. The van der Waals surface area contributed by atoms with Crippen LogP contribution in [0.2, 0.25) is 0 Å². The number of ether oxygens (including phenoxy) is 1. The zero-order chi connectivity index (χ0) is 17.9. The zero-order valence-electron chi connectivity index (χ0n) is 14.3. The lowest BCUT2D eigenvalue weighted by Crippen LogP contribution is -2.40. The van der Waals surface area contributed by atoms with E-state index in [1.165, 1.54) is 19.3 Å². The van der Waals surface area contributed by atoms with Gasteiger partial charge in [0.1, 0.15) is 5.84 Å². The molecule has 24 heavy (non-hydrogen) atoms. The van der Waals surface area contributed by atoms with E-state index in [-0.39, 0.29) is 11.8 Å². The van der Waals surface area contributed by atoms with Crippen molar-refractivity contribution in [3.05, 3.63) is 22.0 Å². The van der Waals surface area contributed by atoms with E-state index in [0.717, 1.165) is 18.7 Å². The zero-order valence-corrected chi connectivity index (χ0v) is 15.9. The smallest absolute Gasteiger partial charge is 0.422 e. The molecule has 7 heteroatoms. The molecule has 3 nitrogen and oxygen atoms in total. The quantitative estimate of drug-likeness (QED) is 0.625. The average Bonchev–Trinajstić information content (AvgIpc) is 2.51. The Balaban J connectivity index is 2.36. The second-order valence-electron chi connectivity index (χ2n) is 6.49. The van der Waals surface area contributed by atoms with Crippen molar-refractivity contribution < 1.29 is 17.9 Å². The SMILES string of the molecule is CC1=C(OCC(F)(F)F)/C(Br)=C/C(C)N(C)C(C2CCCCC2)=N1. The first-order chi connectivity index (χ1) is 11.2. The molecule has 0 aromatic carbocycles. The normalized spacial score (nSPS) is 26.5. The summed E-state index contributed by atoms with van der Waals surface area (Å²) >= 11 is 3.35. The number of alkyl halides is 3. The van der Waals surface area contributed by atoms with Gasteiger partial charge in [0.25, 0.3) is 0 Å². The van der Waals surface area contributed by atoms with E-state index < -0.39 is 12.8 Å². The fraction of sp³-hybridized carbons (Fsp3) is 0.706. The van der Waals surface area contributed by atoms with Crippen LogP contribution in [0.25, 0.3) is 0 Å². The van der Waals surface area contributed by atoms with Crippen LogP contribution < -0.4 is 0 Å². The molecule has 0 aromatic rings. The highest BCUT2D eigenvalue weighted by Gasteiger charge is 2.31. The van der Waals surface area contributed by atoms with Gasteiger partial charge >= 0.3 is 6.18 Å². The fourth-order valence-electron chi connectivity index (χ4n) is 3.15. The van der Waals surface area contributed by atoms with Gasteiger partial charge in [-0.2, -0.15) is 13.2 Å². The van der Waals surface area contributed by atoms with Gasteiger partial charge in [0.2, 0.25) is 0 Å². The van der Waals surface area contributed by atoms with Gasteiger partial charge in [0.15, 0.2) is 12.4 Å². The summed E-state index contributed by atoms with van der Waals surface area (Å²) < 4.78 is 43.1. The first-order valence-electron chi connectivity index (χ1n) is 8.28.